The van der Waals surface area contributed by atoms with Crippen LogP contribution in [-0.2, 0) is 9.59 Å². The van der Waals surface area contributed by atoms with Gasteiger partial charge in [-0.3, -0.25) is 14.4 Å². The van der Waals surface area contributed by atoms with Crippen molar-refractivity contribution in [3.63, 3.8) is 0 Å². The molecule has 2 rings (SSSR count). The highest BCUT2D eigenvalue weighted by Gasteiger charge is 2.28. The molecule has 1 N–H and O–H groups in total. The van der Waals surface area contributed by atoms with Crippen molar-refractivity contribution in [1.29, 1.82) is 0 Å². The van der Waals surface area contributed by atoms with Crippen LogP contribution in [0.15, 0.2) is 16.5 Å². The highest BCUT2D eigenvalue weighted by molar-refractivity contribution is 6.29. The molecule has 2 amide bonds. The van der Waals surface area contributed by atoms with Crippen LogP contribution in [0.1, 0.15) is 36.7 Å². The number of carboxylic acids is 1. The average Bonchev–Trinajstić information content (AvgIpc) is 2.78. The quantitative estimate of drug-likeness (QED) is 0.901. The highest BCUT2D eigenvalue weighted by Crippen LogP contribution is 2.20. The molecule has 23 heavy (non-hydrogen) atoms. The second kappa shape index (κ2) is 7.50. The smallest absolute Gasteiger partial charge is 0.323 e. The number of furan rings is 1. The van der Waals surface area contributed by atoms with E-state index in [0.29, 0.717) is 32.4 Å². The summed E-state index contributed by atoms with van der Waals surface area (Å²) in [6.07, 6.45) is 1.89. The highest BCUT2D eigenvalue weighted by atomic mass is 35.5. The number of carboxylic acid groups (broad SMARTS) is 1. The second-order valence-electron chi connectivity index (χ2n) is 5.52. The van der Waals surface area contributed by atoms with Crippen LogP contribution in [0.3, 0.4) is 0 Å². The van der Waals surface area contributed by atoms with Crippen molar-refractivity contribution in [1.82, 2.24) is 9.80 Å². The van der Waals surface area contributed by atoms with Crippen LogP contribution in [0, 0.1) is 0 Å². The summed E-state index contributed by atoms with van der Waals surface area (Å²) in [5.74, 6) is -1.37. The zero-order valence-corrected chi connectivity index (χ0v) is 13.6. The molecule has 126 valence electrons. The molecule has 0 bridgehead atoms. The number of likely N-dealkylation sites (tertiary alicyclic amines) is 1. The molecule has 1 aromatic rings. The number of hydrogen-bond acceptors (Lipinski definition) is 4. The third kappa shape index (κ3) is 4.48. The Morgan fingerprint density at radius 1 is 1.35 bits per heavy atom. The van der Waals surface area contributed by atoms with Crippen molar-refractivity contribution in [2.45, 2.75) is 32.2 Å². The summed E-state index contributed by atoms with van der Waals surface area (Å²) >= 11 is 5.69. The molecule has 0 aliphatic carbocycles. The zero-order chi connectivity index (χ0) is 17.0. The summed E-state index contributed by atoms with van der Waals surface area (Å²) in [6.45, 7) is 2.01. The maximum atomic E-state index is 12.4. The van der Waals surface area contributed by atoms with Crippen LogP contribution < -0.4 is 0 Å². The Kier molecular flexibility index (Phi) is 5.65. The molecule has 1 saturated heterocycles. The first kappa shape index (κ1) is 17.3. The van der Waals surface area contributed by atoms with Crippen molar-refractivity contribution >= 4 is 29.4 Å². The SMILES string of the molecule is CC(=O)N(CC(=O)O)[C@@H]1CCCN(C(=O)c2ccc(Cl)o2)CC1. The summed E-state index contributed by atoms with van der Waals surface area (Å²) < 4.78 is 5.14. The predicted molar refractivity (Wildman–Crippen MR) is 82.3 cm³/mol. The molecule has 2 heterocycles. The normalized spacial score (nSPS) is 18.3. The lowest BCUT2D eigenvalue weighted by Gasteiger charge is -2.28. The number of amides is 2. The van der Waals surface area contributed by atoms with Crippen LogP contribution in [0.5, 0.6) is 0 Å². The predicted octanol–water partition coefficient (Wildman–Crippen LogP) is 1.86. The van der Waals surface area contributed by atoms with Gasteiger partial charge >= 0.3 is 5.97 Å². The fourth-order valence-electron chi connectivity index (χ4n) is 2.82. The number of carbonyl (C=O) groups excluding carboxylic acids is 2. The number of nitrogens with zero attached hydrogens (tertiary/aromatic N) is 2. The Balaban J connectivity index is 2.02. The molecule has 1 aliphatic rings. The molecule has 0 saturated carbocycles. The molecular formula is C15H19ClN2O5. The fraction of sp³-hybridized carbons (Fsp3) is 0.533. The van der Waals surface area contributed by atoms with E-state index < -0.39 is 5.97 Å². The van der Waals surface area contributed by atoms with E-state index in [-0.39, 0.29) is 35.4 Å². The maximum absolute atomic E-state index is 12.4. The second-order valence-corrected chi connectivity index (χ2v) is 5.89. The van der Waals surface area contributed by atoms with Gasteiger partial charge in [0.1, 0.15) is 6.54 Å². The van der Waals surface area contributed by atoms with Crippen molar-refractivity contribution in [3.05, 3.63) is 23.1 Å². The summed E-state index contributed by atoms with van der Waals surface area (Å²) in [6, 6.07) is 2.86. The number of hydrogen-bond donors (Lipinski definition) is 1. The fourth-order valence-corrected chi connectivity index (χ4v) is 2.97. The topological polar surface area (TPSA) is 91.1 Å². The standard InChI is InChI=1S/C15H19ClN2O5/c1-10(19)18(9-14(20)21)11-3-2-7-17(8-6-11)15(22)12-4-5-13(16)23-12/h4-5,11H,2-3,6-9H2,1H3,(H,20,21)/t11-/m1/s1. The first-order chi connectivity index (χ1) is 10.9. The van der Waals surface area contributed by atoms with Gasteiger partial charge in [0.05, 0.1) is 0 Å². The van der Waals surface area contributed by atoms with Gasteiger partial charge in [-0.2, -0.15) is 0 Å². The molecule has 0 radical (unpaired) electrons. The van der Waals surface area contributed by atoms with Gasteiger partial charge in [-0.1, -0.05) is 0 Å². The van der Waals surface area contributed by atoms with Crippen LogP contribution in [0.2, 0.25) is 5.22 Å². The van der Waals surface area contributed by atoms with Gasteiger partial charge in [0.2, 0.25) is 5.91 Å². The first-order valence-corrected chi connectivity index (χ1v) is 7.80. The Bertz CT molecular complexity index is 600. The molecule has 8 heteroatoms. The lowest BCUT2D eigenvalue weighted by atomic mass is 10.1. The summed E-state index contributed by atoms with van der Waals surface area (Å²) in [5.41, 5.74) is 0. The van der Waals surface area contributed by atoms with Crippen LogP contribution in [-0.4, -0.2) is 58.4 Å². The number of aliphatic carboxylic acids is 1. The van der Waals surface area contributed by atoms with E-state index in [4.69, 9.17) is 21.1 Å². The molecule has 1 aromatic heterocycles. The van der Waals surface area contributed by atoms with Gasteiger partial charge < -0.3 is 19.3 Å². The van der Waals surface area contributed by atoms with Gasteiger partial charge in [-0.05, 0) is 43.0 Å². The summed E-state index contributed by atoms with van der Waals surface area (Å²) in [5, 5.41) is 9.10. The summed E-state index contributed by atoms with van der Waals surface area (Å²) in [4.78, 5) is 38.0. The van der Waals surface area contributed by atoms with E-state index in [2.05, 4.69) is 0 Å². The van der Waals surface area contributed by atoms with E-state index in [1.807, 2.05) is 0 Å². The van der Waals surface area contributed by atoms with Crippen molar-refractivity contribution < 1.29 is 23.9 Å². The number of rotatable bonds is 4. The molecule has 0 unspecified atom stereocenters. The molecule has 1 atom stereocenters. The molecule has 0 spiro atoms. The van der Waals surface area contributed by atoms with Gasteiger partial charge in [0.25, 0.3) is 5.91 Å². The average molecular weight is 343 g/mol. The van der Waals surface area contributed by atoms with Gasteiger partial charge in [-0.25, -0.2) is 0 Å². The number of carbonyl (C=O) groups is 3. The third-order valence-corrected chi connectivity index (χ3v) is 4.12. The Morgan fingerprint density at radius 3 is 2.65 bits per heavy atom. The number of halogens is 1. The molecule has 7 nitrogen and oxygen atoms in total. The van der Waals surface area contributed by atoms with Crippen LogP contribution >= 0.6 is 11.6 Å². The van der Waals surface area contributed by atoms with E-state index in [1.54, 1.807) is 4.90 Å². The minimum Gasteiger partial charge on any atom is -0.480 e. The Hall–Kier alpha value is -2.02. The van der Waals surface area contributed by atoms with Crippen molar-refractivity contribution in [2.75, 3.05) is 19.6 Å². The van der Waals surface area contributed by atoms with Gasteiger partial charge in [-0.15, -0.1) is 0 Å². The molecule has 1 aliphatic heterocycles. The Labute approximate surface area is 138 Å². The molecule has 1 fully saturated rings. The van der Waals surface area contributed by atoms with Gasteiger partial charge in [0.15, 0.2) is 11.0 Å². The lowest BCUT2D eigenvalue weighted by Crippen LogP contribution is -2.43. The molecule has 0 aromatic carbocycles. The third-order valence-electron chi connectivity index (χ3n) is 3.92. The first-order valence-electron chi connectivity index (χ1n) is 7.42. The van der Waals surface area contributed by atoms with Crippen LogP contribution in [0.25, 0.3) is 0 Å². The van der Waals surface area contributed by atoms with Crippen molar-refractivity contribution in [2.24, 2.45) is 0 Å². The van der Waals surface area contributed by atoms with Gasteiger partial charge in [0, 0.05) is 26.1 Å². The Morgan fingerprint density at radius 2 is 2.09 bits per heavy atom. The minimum atomic E-state index is -1.04. The zero-order valence-electron chi connectivity index (χ0n) is 12.8. The lowest BCUT2D eigenvalue weighted by molar-refractivity contribution is -0.145. The summed E-state index contributed by atoms with van der Waals surface area (Å²) in [7, 11) is 0. The van der Waals surface area contributed by atoms with E-state index in [9.17, 15) is 14.4 Å². The van der Waals surface area contributed by atoms with E-state index >= 15 is 0 Å². The van der Waals surface area contributed by atoms with E-state index in [0.717, 1.165) is 0 Å². The van der Waals surface area contributed by atoms with E-state index in [1.165, 1.54) is 24.0 Å². The van der Waals surface area contributed by atoms with Crippen LogP contribution in [0.4, 0.5) is 0 Å². The minimum absolute atomic E-state index is 0.158. The largest absolute Gasteiger partial charge is 0.480 e. The monoisotopic (exact) mass is 342 g/mol. The molecular weight excluding hydrogens is 324 g/mol. The maximum Gasteiger partial charge on any atom is 0.323 e. The van der Waals surface area contributed by atoms with Crippen molar-refractivity contribution in [3.8, 4) is 0 Å².